The fraction of sp³-hybridized carbons (Fsp3) is 0.929. The third kappa shape index (κ3) is 2.04. The van der Waals surface area contributed by atoms with Crippen LogP contribution in [0.1, 0.15) is 57.8 Å². The van der Waals surface area contributed by atoms with Crippen LogP contribution in [0.15, 0.2) is 0 Å². The van der Waals surface area contributed by atoms with Crippen molar-refractivity contribution in [3.05, 3.63) is 0 Å². The molecule has 2 bridgehead atoms. The number of ketones is 1. The van der Waals surface area contributed by atoms with Crippen molar-refractivity contribution in [3.63, 3.8) is 0 Å². The van der Waals surface area contributed by atoms with E-state index in [4.69, 9.17) is 4.74 Å². The zero-order valence-corrected chi connectivity index (χ0v) is 9.99. The third-order valence-corrected chi connectivity index (χ3v) is 4.70. The van der Waals surface area contributed by atoms with Gasteiger partial charge in [-0.1, -0.05) is 19.3 Å². The van der Waals surface area contributed by atoms with E-state index in [2.05, 4.69) is 0 Å². The molecule has 1 aliphatic carbocycles. The summed E-state index contributed by atoms with van der Waals surface area (Å²) >= 11 is 0. The number of Topliss-reactive ketones (excluding diaryl/α,β-unsaturated/α-hetero) is 1. The van der Waals surface area contributed by atoms with Crippen LogP contribution in [0.5, 0.6) is 0 Å². The fourth-order valence-electron chi connectivity index (χ4n) is 3.81. The molecule has 0 amide bonds. The SMILES string of the molecule is O=C(C1CCCCC1)C1CC2CCC(C1)O2. The molecule has 16 heavy (non-hydrogen) atoms. The van der Waals surface area contributed by atoms with E-state index < -0.39 is 0 Å². The normalized spacial score (nSPS) is 39.9. The van der Waals surface area contributed by atoms with Gasteiger partial charge in [-0.2, -0.15) is 0 Å². The van der Waals surface area contributed by atoms with Gasteiger partial charge < -0.3 is 4.74 Å². The molecule has 3 fully saturated rings. The fourth-order valence-corrected chi connectivity index (χ4v) is 3.81. The third-order valence-electron chi connectivity index (χ3n) is 4.70. The van der Waals surface area contributed by atoms with Crippen molar-refractivity contribution < 1.29 is 9.53 Å². The van der Waals surface area contributed by atoms with Crippen LogP contribution in [-0.2, 0) is 9.53 Å². The lowest BCUT2D eigenvalue weighted by Crippen LogP contribution is -2.34. The quantitative estimate of drug-likeness (QED) is 0.717. The summed E-state index contributed by atoms with van der Waals surface area (Å²) in [7, 11) is 0. The molecule has 2 aliphatic heterocycles. The van der Waals surface area contributed by atoms with E-state index in [1.807, 2.05) is 0 Å². The van der Waals surface area contributed by atoms with Crippen molar-refractivity contribution in [2.75, 3.05) is 0 Å². The summed E-state index contributed by atoms with van der Waals surface area (Å²) in [4.78, 5) is 12.4. The minimum Gasteiger partial charge on any atom is -0.375 e. The number of carbonyl (C=O) groups excluding carboxylic acids is 1. The first-order valence-corrected chi connectivity index (χ1v) is 7.02. The highest BCUT2D eigenvalue weighted by molar-refractivity contribution is 5.83. The Bertz CT molecular complexity index is 256. The highest BCUT2D eigenvalue weighted by atomic mass is 16.5. The number of hydrogen-bond donors (Lipinski definition) is 0. The molecule has 3 rings (SSSR count). The summed E-state index contributed by atoms with van der Waals surface area (Å²) in [6.45, 7) is 0. The Balaban J connectivity index is 1.61. The molecule has 2 atom stereocenters. The summed E-state index contributed by atoms with van der Waals surface area (Å²) in [6.07, 6.45) is 11.4. The number of fused-ring (bicyclic) bond motifs is 2. The van der Waals surface area contributed by atoms with Gasteiger partial charge in [0.2, 0.25) is 0 Å². The van der Waals surface area contributed by atoms with E-state index in [1.165, 1.54) is 32.1 Å². The molecular weight excluding hydrogens is 200 g/mol. The van der Waals surface area contributed by atoms with Crippen LogP contribution in [0.3, 0.4) is 0 Å². The van der Waals surface area contributed by atoms with Crippen LogP contribution in [0.25, 0.3) is 0 Å². The molecule has 0 spiro atoms. The van der Waals surface area contributed by atoms with Crippen molar-refractivity contribution in [2.24, 2.45) is 11.8 Å². The second-order valence-corrected chi connectivity index (χ2v) is 5.86. The lowest BCUT2D eigenvalue weighted by molar-refractivity contribution is -0.133. The van der Waals surface area contributed by atoms with Gasteiger partial charge in [0.1, 0.15) is 5.78 Å². The van der Waals surface area contributed by atoms with E-state index in [-0.39, 0.29) is 0 Å². The van der Waals surface area contributed by atoms with Gasteiger partial charge in [0.05, 0.1) is 12.2 Å². The molecule has 2 heterocycles. The Hall–Kier alpha value is -0.370. The molecule has 0 radical (unpaired) electrons. The van der Waals surface area contributed by atoms with Crippen molar-refractivity contribution >= 4 is 5.78 Å². The van der Waals surface area contributed by atoms with E-state index in [0.717, 1.165) is 25.7 Å². The minimum atomic E-state index is 0.342. The number of hydrogen-bond acceptors (Lipinski definition) is 2. The maximum atomic E-state index is 12.4. The largest absolute Gasteiger partial charge is 0.375 e. The molecule has 2 nitrogen and oxygen atoms in total. The standard InChI is InChI=1S/C14H22O2/c15-14(10-4-2-1-3-5-10)11-8-12-6-7-13(9-11)16-12/h10-13H,1-9H2. The van der Waals surface area contributed by atoms with Crippen molar-refractivity contribution in [3.8, 4) is 0 Å². The Morgan fingerprint density at radius 3 is 2.06 bits per heavy atom. The van der Waals surface area contributed by atoms with Crippen LogP contribution in [0.2, 0.25) is 0 Å². The predicted octanol–water partition coefficient (Wildman–Crippen LogP) is 3.09. The smallest absolute Gasteiger partial charge is 0.139 e. The molecule has 0 aromatic carbocycles. The van der Waals surface area contributed by atoms with Crippen LogP contribution >= 0.6 is 0 Å². The van der Waals surface area contributed by atoms with Gasteiger partial charge in [0.15, 0.2) is 0 Å². The van der Waals surface area contributed by atoms with Crippen LogP contribution in [0, 0.1) is 11.8 Å². The topological polar surface area (TPSA) is 26.3 Å². The van der Waals surface area contributed by atoms with Gasteiger partial charge in [0, 0.05) is 11.8 Å². The maximum absolute atomic E-state index is 12.4. The monoisotopic (exact) mass is 222 g/mol. The molecule has 2 unspecified atom stereocenters. The maximum Gasteiger partial charge on any atom is 0.139 e. The summed E-state index contributed by atoms with van der Waals surface area (Å²) < 4.78 is 5.81. The van der Waals surface area contributed by atoms with Crippen molar-refractivity contribution in [1.29, 1.82) is 0 Å². The average molecular weight is 222 g/mol. The Kier molecular flexibility index (Phi) is 3.01. The molecule has 0 N–H and O–H groups in total. The van der Waals surface area contributed by atoms with Gasteiger partial charge in [-0.3, -0.25) is 4.79 Å². The summed E-state index contributed by atoms with van der Waals surface area (Å²) in [5.74, 6) is 1.32. The molecule has 3 aliphatic rings. The second-order valence-electron chi connectivity index (χ2n) is 5.86. The lowest BCUT2D eigenvalue weighted by atomic mass is 9.78. The second kappa shape index (κ2) is 4.48. The zero-order valence-electron chi connectivity index (χ0n) is 9.99. The molecular formula is C14H22O2. The highest BCUT2D eigenvalue weighted by Crippen LogP contribution is 2.39. The summed E-state index contributed by atoms with van der Waals surface area (Å²) in [6, 6.07) is 0. The average Bonchev–Trinajstić information content (AvgIpc) is 2.68. The number of rotatable bonds is 2. The first-order valence-electron chi connectivity index (χ1n) is 7.02. The molecule has 1 saturated carbocycles. The van der Waals surface area contributed by atoms with E-state index in [9.17, 15) is 4.79 Å². The molecule has 2 saturated heterocycles. The predicted molar refractivity (Wildman–Crippen MR) is 62.2 cm³/mol. The van der Waals surface area contributed by atoms with Gasteiger partial charge in [-0.15, -0.1) is 0 Å². The molecule has 90 valence electrons. The first kappa shape index (κ1) is 10.8. The van der Waals surface area contributed by atoms with Crippen LogP contribution in [-0.4, -0.2) is 18.0 Å². The minimum absolute atomic E-state index is 0.342. The number of carbonyl (C=O) groups is 1. The van der Waals surface area contributed by atoms with E-state index >= 15 is 0 Å². The van der Waals surface area contributed by atoms with Gasteiger partial charge in [-0.25, -0.2) is 0 Å². The number of ether oxygens (including phenoxy) is 1. The first-order chi connectivity index (χ1) is 7.83. The highest BCUT2D eigenvalue weighted by Gasteiger charge is 2.39. The molecule has 0 aromatic rings. The molecule has 2 heteroatoms. The zero-order chi connectivity index (χ0) is 11.0. The van der Waals surface area contributed by atoms with Gasteiger partial charge in [-0.05, 0) is 38.5 Å². The molecule has 0 aromatic heterocycles. The summed E-state index contributed by atoms with van der Waals surface area (Å²) in [5.41, 5.74) is 0. The lowest BCUT2D eigenvalue weighted by Gasteiger charge is -2.31. The Morgan fingerprint density at radius 1 is 0.812 bits per heavy atom. The van der Waals surface area contributed by atoms with Crippen LogP contribution < -0.4 is 0 Å². The van der Waals surface area contributed by atoms with E-state index in [1.54, 1.807) is 0 Å². The van der Waals surface area contributed by atoms with E-state index in [0.29, 0.717) is 29.8 Å². The Morgan fingerprint density at radius 2 is 1.44 bits per heavy atom. The Labute approximate surface area is 97.7 Å². The summed E-state index contributed by atoms with van der Waals surface area (Å²) in [5, 5.41) is 0. The van der Waals surface area contributed by atoms with Gasteiger partial charge >= 0.3 is 0 Å². The van der Waals surface area contributed by atoms with Crippen molar-refractivity contribution in [2.45, 2.75) is 70.0 Å². The van der Waals surface area contributed by atoms with Gasteiger partial charge in [0.25, 0.3) is 0 Å². The van der Waals surface area contributed by atoms with Crippen molar-refractivity contribution in [1.82, 2.24) is 0 Å². The van der Waals surface area contributed by atoms with Crippen LogP contribution in [0.4, 0.5) is 0 Å².